The maximum absolute atomic E-state index is 14.3. The number of aromatic nitrogens is 2. The number of hydrogen-bond donors (Lipinski definition) is 8. The van der Waals surface area contributed by atoms with Gasteiger partial charge in [0.25, 0.3) is 11.8 Å². The van der Waals surface area contributed by atoms with Gasteiger partial charge in [-0.2, -0.15) is 5.10 Å². The summed E-state index contributed by atoms with van der Waals surface area (Å²) in [5.41, 5.74) is 2.04. The van der Waals surface area contributed by atoms with Gasteiger partial charge in [0.15, 0.2) is 5.69 Å². The molecule has 63 heavy (non-hydrogen) atoms. The van der Waals surface area contributed by atoms with Crippen LogP contribution in [0.2, 0.25) is 0 Å². The van der Waals surface area contributed by atoms with E-state index in [9.17, 15) is 24.6 Å². The molecule has 0 unspecified atom stereocenters. The molecule has 7 rings (SSSR count). The number of carbonyl (C=O) groups is 3. The minimum absolute atomic E-state index is 0.00554. The Morgan fingerprint density at radius 1 is 0.873 bits per heavy atom. The van der Waals surface area contributed by atoms with E-state index in [0.717, 1.165) is 44.2 Å². The van der Waals surface area contributed by atoms with Crippen LogP contribution in [0.5, 0.6) is 11.5 Å². The second-order valence-electron chi connectivity index (χ2n) is 18.0. The standard InChI is InChI=1S/C39H51N5O6.C7H17NO5/c1-23(2)29-21-26(37(46)43(5)15-9-14-42(3)4)12-13-31(29)44-32(35-33(49-6)10-8-11-34(35)50-7)22-30(41-44)36(45)40-39(38(47)48)27-17-24-16-25(19-27)20-28(39)18-24;1-8-2-4(10)6(12)7(13)5(11)3-9/h8,10-13,21-25,27-28H,9,14-20H2,1-7H3,(H,40,45)(H,47,48);4-13H,2-3H2,1H3/t;4-,5+,6+,7+/m.0/s1. The number of aliphatic hydroxyl groups is 5. The van der Waals surface area contributed by atoms with Gasteiger partial charge in [0, 0.05) is 25.7 Å². The van der Waals surface area contributed by atoms with Gasteiger partial charge in [-0.3, -0.25) is 9.59 Å². The lowest BCUT2D eigenvalue weighted by Gasteiger charge is -2.59. The van der Waals surface area contributed by atoms with Crippen molar-refractivity contribution in [3.63, 3.8) is 0 Å². The highest BCUT2D eigenvalue weighted by atomic mass is 16.5. The molecular weight excluding hydrogens is 813 g/mol. The second-order valence-corrected chi connectivity index (χ2v) is 18.0. The van der Waals surface area contributed by atoms with Crippen LogP contribution in [-0.4, -0.2) is 167 Å². The number of rotatable bonds is 19. The van der Waals surface area contributed by atoms with Gasteiger partial charge < -0.3 is 60.5 Å². The molecule has 4 aliphatic carbocycles. The number of aliphatic carboxylic acids is 1. The van der Waals surface area contributed by atoms with Crippen LogP contribution >= 0.6 is 0 Å². The van der Waals surface area contributed by atoms with E-state index in [4.69, 9.17) is 35.0 Å². The third kappa shape index (κ3) is 10.7. The summed E-state index contributed by atoms with van der Waals surface area (Å²) in [6.07, 6.45) is -0.322. The second kappa shape index (κ2) is 21.4. The normalized spacial score (nSPS) is 23.1. The first-order chi connectivity index (χ1) is 29.9. The number of carboxylic acids is 1. The van der Waals surface area contributed by atoms with Crippen LogP contribution in [0.4, 0.5) is 0 Å². The average Bonchev–Trinajstić information content (AvgIpc) is 3.70. The molecule has 0 spiro atoms. The van der Waals surface area contributed by atoms with Crippen LogP contribution in [0.3, 0.4) is 0 Å². The molecule has 4 saturated carbocycles. The van der Waals surface area contributed by atoms with E-state index in [1.807, 2.05) is 51.5 Å². The number of amides is 2. The van der Waals surface area contributed by atoms with Crippen molar-refractivity contribution in [2.24, 2.45) is 23.7 Å². The van der Waals surface area contributed by atoms with E-state index >= 15 is 0 Å². The molecule has 2 amide bonds. The summed E-state index contributed by atoms with van der Waals surface area (Å²) in [4.78, 5) is 44.7. The van der Waals surface area contributed by atoms with Crippen molar-refractivity contribution in [1.29, 1.82) is 0 Å². The van der Waals surface area contributed by atoms with Gasteiger partial charge in [-0.25, -0.2) is 9.48 Å². The highest BCUT2D eigenvalue weighted by Gasteiger charge is 2.62. The van der Waals surface area contributed by atoms with Gasteiger partial charge in [-0.15, -0.1) is 0 Å². The van der Waals surface area contributed by atoms with Crippen LogP contribution in [0.1, 0.15) is 84.7 Å². The molecule has 348 valence electrons. The van der Waals surface area contributed by atoms with E-state index in [-0.39, 0.29) is 35.9 Å². The highest BCUT2D eigenvalue weighted by Crippen LogP contribution is 2.58. The van der Waals surface area contributed by atoms with Crippen molar-refractivity contribution in [2.75, 3.05) is 68.7 Å². The topological polar surface area (TPSA) is 239 Å². The van der Waals surface area contributed by atoms with Crippen LogP contribution in [0, 0.1) is 23.7 Å². The Morgan fingerprint density at radius 2 is 1.46 bits per heavy atom. The number of nitrogens with one attached hydrogen (secondary N) is 2. The van der Waals surface area contributed by atoms with Crippen molar-refractivity contribution in [3.05, 3.63) is 59.3 Å². The third-order valence-electron chi connectivity index (χ3n) is 13.0. The number of aliphatic hydroxyl groups excluding tert-OH is 5. The van der Waals surface area contributed by atoms with Crippen molar-refractivity contribution < 1.29 is 54.5 Å². The summed E-state index contributed by atoms with van der Waals surface area (Å²) in [6, 6.07) is 12.7. The number of methoxy groups -OCH3 is 2. The van der Waals surface area contributed by atoms with Crippen LogP contribution in [-0.2, 0) is 4.79 Å². The fourth-order valence-corrected chi connectivity index (χ4v) is 9.93. The summed E-state index contributed by atoms with van der Waals surface area (Å²) >= 11 is 0. The molecule has 0 saturated heterocycles. The van der Waals surface area contributed by atoms with Gasteiger partial charge >= 0.3 is 5.97 Å². The van der Waals surface area contributed by atoms with Crippen LogP contribution in [0.25, 0.3) is 16.9 Å². The van der Waals surface area contributed by atoms with Gasteiger partial charge in [0.2, 0.25) is 0 Å². The third-order valence-corrected chi connectivity index (χ3v) is 13.0. The van der Waals surface area contributed by atoms with E-state index in [1.54, 1.807) is 43.0 Å². The minimum atomic E-state index is -1.55. The molecule has 4 fully saturated rings. The van der Waals surface area contributed by atoms with Gasteiger partial charge in [0.1, 0.15) is 35.3 Å². The van der Waals surface area contributed by atoms with Crippen molar-refractivity contribution >= 4 is 17.8 Å². The molecular formula is C46H68N6O11. The number of nitrogens with zero attached hydrogens (tertiary/aromatic N) is 4. The Hall–Kier alpha value is -4.62. The number of benzene rings is 2. The van der Waals surface area contributed by atoms with Gasteiger partial charge in [0.05, 0.1) is 43.9 Å². The Bertz CT molecular complexity index is 1990. The largest absolute Gasteiger partial charge is 0.496 e. The van der Waals surface area contributed by atoms with Gasteiger partial charge in [-0.05, 0) is 138 Å². The first-order valence-electron chi connectivity index (χ1n) is 21.8. The fraction of sp³-hybridized carbons (Fsp3) is 0.609. The molecule has 4 bridgehead atoms. The molecule has 8 N–H and O–H groups in total. The average molecular weight is 881 g/mol. The first kappa shape index (κ1) is 49.4. The summed E-state index contributed by atoms with van der Waals surface area (Å²) < 4.78 is 13.3. The van der Waals surface area contributed by atoms with E-state index < -0.39 is 48.4 Å². The monoisotopic (exact) mass is 880 g/mol. The molecule has 17 nitrogen and oxygen atoms in total. The molecule has 1 heterocycles. The van der Waals surface area contributed by atoms with E-state index in [0.29, 0.717) is 52.4 Å². The molecule has 4 atom stereocenters. The molecule has 2 aromatic carbocycles. The predicted octanol–water partition coefficient (Wildman–Crippen LogP) is 2.35. The first-order valence-corrected chi connectivity index (χ1v) is 21.8. The summed E-state index contributed by atoms with van der Waals surface area (Å²) in [6.45, 7) is 5.05. The maximum Gasteiger partial charge on any atom is 0.330 e. The van der Waals surface area contributed by atoms with E-state index in [1.165, 1.54) is 6.42 Å². The molecule has 0 radical (unpaired) electrons. The Balaban J connectivity index is 0.000000499. The summed E-state index contributed by atoms with van der Waals surface area (Å²) in [7, 11) is 10.6. The van der Waals surface area contributed by atoms with Crippen molar-refractivity contribution in [3.8, 4) is 28.4 Å². The number of hydrogen-bond acceptors (Lipinski definition) is 13. The lowest BCUT2D eigenvalue weighted by Crippen LogP contribution is -2.70. The lowest BCUT2D eigenvalue weighted by atomic mass is 9.48. The zero-order valence-electron chi connectivity index (χ0n) is 37.8. The fourth-order valence-electron chi connectivity index (χ4n) is 9.93. The van der Waals surface area contributed by atoms with Crippen LogP contribution in [0.15, 0.2) is 42.5 Å². The Morgan fingerprint density at radius 3 is 1.97 bits per heavy atom. The Kier molecular flexibility index (Phi) is 16.8. The molecule has 1 aromatic heterocycles. The molecule has 0 aliphatic heterocycles. The van der Waals surface area contributed by atoms with Gasteiger partial charge in [-0.1, -0.05) is 19.9 Å². The SMILES string of the molecule is CNC[C@H](O)[C@@H](O)[C@H](O)[C@H](O)CO.COc1cccc(OC)c1-c1cc(C(=O)NC2(C(=O)O)C3CC4CC(C3)CC2C4)nn1-c1ccc(C(=O)N(C)CCCN(C)C)cc1C(C)C. The highest BCUT2D eigenvalue weighted by molar-refractivity contribution is 5.98. The smallest absolute Gasteiger partial charge is 0.330 e. The minimum Gasteiger partial charge on any atom is -0.496 e. The summed E-state index contributed by atoms with van der Waals surface area (Å²) in [5, 5.41) is 66.1. The molecule has 3 aromatic rings. The maximum atomic E-state index is 14.3. The Labute approximate surface area is 370 Å². The zero-order chi connectivity index (χ0) is 46.3. The zero-order valence-corrected chi connectivity index (χ0v) is 37.8. The van der Waals surface area contributed by atoms with Crippen molar-refractivity contribution in [2.45, 2.75) is 88.2 Å². The van der Waals surface area contributed by atoms with Crippen molar-refractivity contribution in [1.82, 2.24) is 30.2 Å². The van der Waals surface area contributed by atoms with Crippen LogP contribution < -0.4 is 20.1 Å². The number of carboxylic acid groups (broad SMARTS) is 1. The quantitative estimate of drug-likeness (QED) is 0.0864. The summed E-state index contributed by atoms with van der Waals surface area (Å²) in [5.74, 6) is 0.360. The lowest BCUT2D eigenvalue weighted by molar-refractivity contribution is -0.163. The number of ether oxygens (including phenoxy) is 2. The molecule has 4 aliphatic rings. The molecule has 17 heteroatoms. The number of carbonyl (C=O) groups excluding carboxylic acids is 2. The van der Waals surface area contributed by atoms with E-state index in [2.05, 4.69) is 29.4 Å². The predicted molar refractivity (Wildman–Crippen MR) is 236 cm³/mol. The number of likely N-dealkylation sites (N-methyl/N-ethyl adjacent to an activating group) is 1.